The Morgan fingerprint density at radius 2 is 1.78 bits per heavy atom. The second-order valence-corrected chi connectivity index (χ2v) is 9.71. The third-order valence-electron chi connectivity index (χ3n) is 5.42. The van der Waals surface area contributed by atoms with Crippen molar-refractivity contribution in [3.8, 4) is 0 Å². The molecule has 9 nitrogen and oxygen atoms in total. The summed E-state index contributed by atoms with van der Waals surface area (Å²) < 4.78 is 60.4. The fourth-order valence-electron chi connectivity index (χ4n) is 3.76. The average Bonchev–Trinajstić information content (AvgIpc) is 3.17. The number of carboxylic acid groups (broad SMARTS) is 1. The average molecular weight is 537 g/mol. The van der Waals surface area contributed by atoms with E-state index >= 15 is 0 Å². The first kappa shape index (κ1) is 27.6. The number of benzene rings is 3. The van der Waals surface area contributed by atoms with Crippen LogP contribution in [0.3, 0.4) is 0 Å². The molecule has 0 aliphatic carbocycles. The summed E-state index contributed by atoms with van der Waals surface area (Å²) in [5.74, 6) is 2.21. The van der Waals surface area contributed by atoms with E-state index in [4.69, 9.17) is 15.7 Å². The third kappa shape index (κ3) is 7.05. The summed E-state index contributed by atoms with van der Waals surface area (Å²) in [6, 6.07) is 19.2. The lowest BCUT2D eigenvalue weighted by Crippen LogP contribution is -2.41. The number of aliphatic carboxylic acids is 1. The van der Waals surface area contributed by atoms with Gasteiger partial charge < -0.3 is 15.8 Å². The zero-order valence-corrected chi connectivity index (χ0v) is 20.0. The molecule has 4 rings (SSSR count). The van der Waals surface area contributed by atoms with E-state index < -0.39 is 28.2 Å². The number of carbonyl (C=O) groups excluding carboxylic acids is 1. The molecule has 0 bridgehead atoms. The zero-order chi connectivity index (χ0) is 27.2. The summed E-state index contributed by atoms with van der Waals surface area (Å²) in [6.45, 7) is 0.883. The molecule has 1 aliphatic heterocycles. The Bertz CT molecular complexity index is 1420. The number of fused-ring (bicyclic) bond motifs is 1. The van der Waals surface area contributed by atoms with Crippen LogP contribution in [0.15, 0.2) is 76.7 Å². The third-order valence-corrected chi connectivity index (χ3v) is 6.95. The lowest BCUT2D eigenvalue weighted by Gasteiger charge is -2.18. The number of hydrogen-bond donors (Lipinski definition) is 3. The van der Waals surface area contributed by atoms with Gasteiger partial charge in [0.05, 0.1) is 11.1 Å². The smallest absolute Gasteiger partial charge is 0.475 e. The van der Waals surface area contributed by atoms with Gasteiger partial charge in [0.2, 0.25) is 15.9 Å². The SMILES string of the molecule is NN=Cc1cccc(CN2CC[C@H](NS(=O)(=O)c3cccc4ccccc34)C2=O)c1.O=C(O)C(F)(F)F. The van der Waals surface area contributed by atoms with Gasteiger partial charge >= 0.3 is 12.1 Å². The molecule has 37 heavy (non-hydrogen) atoms. The Hall–Kier alpha value is -3.97. The van der Waals surface area contributed by atoms with Crippen molar-refractivity contribution in [1.29, 1.82) is 0 Å². The summed E-state index contributed by atoms with van der Waals surface area (Å²) in [4.78, 5) is 23.6. The van der Waals surface area contributed by atoms with Crippen LogP contribution >= 0.6 is 0 Å². The van der Waals surface area contributed by atoms with E-state index in [0.717, 1.165) is 16.5 Å². The number of halogens is 3. The molecule has 13 heteroatoms. The first-order chi connectivity index (χ1) is 17.4. The number of carboxylic acids is 1. The van der Waals surface area contributed by atoms with E-state index in [1.807, 2.05) is 42.5 Å². The topological polar surface area (TPSA) is 142 Å². The van der Waals surface area contributed by atoms with Gasteiger partial charge in [-0.1, -0.05) is 54.6 Å². The summed E-state index contributed by atoms with van der Waals surface area (Å²) >= 11 is 0. The van der Waals surface area contributed by atoms with Gasteiger partial charge in [-0.05, 0) is 35.1 Å². The maximum Gasteiger partial charge on any atom is 0.490 e. The number of amides is 1. The second kappa shape index (κ2) is 11.4. The van der Waals surface area contributed by atoms with Gasteiger partial charge in [0.15, 0.2) is 0 Å². The van der Waals surface area contributed by atoms with Crippen molar-refractivity contribution in [3.05, 3.63) is 77.9 Å². The summed E-state index contributed by atoms with van der Waals surface area (Å²) in [6.07, 6.45) is -3.12. The lowest BCUT2D eigenvalue weighted by molar-refractivity contribution is -0.192. The number of alkyl halides is 3. The van der Waals surface area contributed by atoms with E-state index in [9.17, 15) is 26.4 Å². The second-order valence-electron chi connectivity index (χ2n) is 8.03. The van der Waals surface area contributed by atoms with Crippen LogP contribution in [0.5, 0.6) is 0 Å². The Labute approximate surface area is 210 Å². The molecule has 0 aromatic heterocycles. The van der Waals surface area contributed by atoms with Crippen molar-refractivity contribution < 1.29 is 36.3 Å². The van der Waals surface area contributed by atoms with Gasteiger partial charge in [-0.25, -0.2) is 13.2 Å². The van der Waals surface area contributed by atoms with Crippen molar-refractivity contribution >= 4 is 38.9 Å². The summed E-state index contributed by atoms with van der Waals surface area (Å²) in [5, 5.41) is 12.1. The largest absolute Gasteiger partial charge is 0.490 e. The Balaban J connectivity index is 0.000000479. The van der Waals surface area contributed by atoms with Crippen LogP contribution in [-0.4, -0.2) is 55.3 Å². The van der Waals surface area contributed by atoms with E-state index in [0.29, 0.717) is 24.9 Å². The normalized spacial score (nSPS) is 16.1. The van der Waals surface area contributed by atoms with Crippen LogP contribution in [0, 0.1) is 0 Å². The monoisotopic (exact) mass is 536 g/mol. The number of rotatable bonds is 6. The summed E-state index contributed by atoms with van der Waals surface area (Å²) in [7, 11) is -3.84. The van der Waals surface area contributed by atoms with Crippen molar-refractivity contribution in [3.63, 3.8) is 0 Å². The molecule has 0 saturated carbocycles. The minimum atomic E-state index is -5.08. The molecule has 1 fully saturated rings. The molecule has 1 aliphatic rings. The highest BCUT2D eigenvalue weighted by molar-refractivity contribution is 7.89. The lowest BCUT2D eigenvalue weighted by atomic mass is 10.1. The molecular weight excluding hydrogens is 513 g/mol. The van der Waals surface area contributed by atoms with Gasteiger partial charge in [0, 0.05) is 18.5 Å². The predicted octanol–water partition coefficient (Wildman–Crippen LogP) is 2.85. The van der Waals surface area contributed by atoms with Gasteiger partial charge in [0.1, 0.15) is 6.04 Å². The van der Waals surface area contributed by atoms with E-state index in [1.54, 1.807) is 29.2 Å². The van der Waals surface area contributed by atoms with Gasteiger partial charge in [0.25, 0.3) is 0 Å². The molecule has 1 amide bonds. The van der Waals surface area contributed by atoms with Crippen LogP contribution in [0.25, 0.3) is 10.8 Å². The Morgan fingerprint density at radius 3 is 2.46 bits per heavy atom. The molecular formula is C24H23F3N4O5S. The van der Waals surface area contributed by atoms with Crippen molar-refractivity contribution in [2.45, 2.75) is 30.1 Å². The first-order valence-electron chi connectivity index (χ1n) is 10.8. The van der Waals surface area contributed by atoms with Crippen molar-refractivity contribution in [2.24, 2.45) is 10.9 Å². The molecule has 0 unspecified atom stereocenters. The molecule has 1 saturated heterocycles. The van der Waals surface area contributed by atoms with Crippen molar-refractivity contribution in [1.82, 2.24) is 9.62 Å². The highest BCUT2D eigenvalue weighted by Gasteiger charge is 2.38. The maximum absolute atomic E-state index is 13.0. The first-order valence-corrected chi connectivity index (χ1v) is 12.3. The number of likely N-dealkylation sites (tertiary alicyclic amines) is 1. The van der Waals surface area contributed by atoms with Crippen LogP contribution < -0.4 is 10.6 Å². The van der Waals surface area contributed by atoms with E-state index in [-0.39, 0.29) is 10.8 Å². The molecule has 4 N–H and O–H groups in total. The highest BCUT2D eigenvalue weighted by atomic mass is 32.2. The summed E-state index contributed by atoms with van der Waals surface area (Å²) in [5.41, 5.74) is 1.77. The quantitative estimate of drug-likeness (QED) is 0.251. The molecule has 196 valence electrons. The van der Waals surface area contributed by atoms with Crippen LogP contribution in [-0.2, 0) is 26.2 Å². The van der Waals surface area contributed by atoms with Crippen molar-refractivity contribution in [2.75, 3.05) is 6.54 Å². The van der Waals surface area contributed by atoms with Gasteiger partial charge in [-0.15, -0.1) is 0 Å². The maximum atomic E-state index is 13.0. The number of sulfonamides is 1. The van der Waals surface area contributed by atoms with Crippen LogP contribution in [0.1, 0.15) is 17.5 Å². The predicted molar refractivity (Wildman–Crippen MR) is 130 cm³/mol. The van der Waals surface area contributed by atoms with Gasteiger partial charge in [-0.3, -0.25) is 4.79 Å². The van der Waals surface area contributed by atoms with Crippen LogP contribution in [0.4, 0.5) is 13.2 Å². The molecule has 3 aromatic rings. The number of nitrogens with two attached hydrogens (primary N) is 1. The van der Waals surface area contributed by atoms with E-state index in [2.05, 4.69) is 9.82 Å². The molecule has 1 atom stereocenters. The fourth-order valence-corrected chi connectivity index (χ4v) is 5.22. The molecule has 0 radical (unpaired) electrons. The van der Waals surface area contributed by atoms with E-state index in [1.165, 1.54) is 6.21 Å². The highest BCUT2D eigenvalue weighted by Crippen LogP contribution is 2.24. The number of carbonyl (C=O) groups is 2. The van der Waals surface area contributed by atoms with Gasteiger partial charge in [-0.2, -0.15) is 23.0 Å². The standard InChI is InChI=1S/C22H22N4O3S.C2HF3O2/c23-24-14-16-5-3-6-17(13-16)15-26-12-11-20(22(26)27)25-30(28,29)21-10-4-8-18-7-1-2-9-19(18)21;3-2(4,5)1(6)7/h1-10,13-14,20,25H,11-12,15,23H2;(H,6,7)/t20-;/m0./s1. The fraction of sp³-hybridized carbons (Fsp3) is 0.208. The number of hydrogen-bond acceptors (Lipinski definition) is 6. The minimum Gasteiger partial charge on any atom is -0.475 e. The van der Waals surface area contributed by atoms with Crippen LogP contribution in [0.2, 0.25) is 0 Å². The number of nitrogens with one attached hydrogen (secondary N) is 1. The molecule has 0 spiro atoms. The number of hydrazone groups is 1. The minimum absolute atomic E-state index is 0.181. The molecule has 3 aromatic carbocycles. The Kier molecular flexibility index (Phi) is 8.50. The zero-order valence-electron chi connectivity index (χ0n) is 19.2. The Morgan fingerprint density at radius 1 is 1.14 bits per heavy atom. The molecule has 1 heterocycles. The number of nitrogens with zero attached hydrogens (tertiary/aromatic N) is 2.